The van der Waals surface area contributed by atoms with E-state index in [1.807, 2.05) is 0 Å². The monoisotopic (exact) mass is 276 g/mol. The van der Waals surface area contributed by atoms with Crippen molar-refractivity contribution in [3.63, 3.8) is 0 Å². The quantitative estimate of drug-likeness (QED) is 0.784. The molecule has 0 aliphatic carbocycles. The van der Waals surface area contributed by atoms with E-state index in [9.17, 15) is 0 Å². The molecule has 2 aromatic heterocycles. The Morgan fingerprint density at radius 1 is 1.40 bits per heavy atom. The Labute approximate surface area is 115 Å². The summed E-state index contributed by atoms with van der Waals surface area (Å²) in [6.45, 7) is 1.59. The third-order valence-electron chi connectivity index (χ3n) is 3.04. The van der Waals surface area contributed by atoms with Crippen molar-refractivity contribution in [1.29, 1.82) is 0 Å². The standard InChI is InChI=1S/C11H16N8O/c12-9-16-10(14-4-3-8-2-1-5-20-8)18-11(17-9)19-7-13-6-15-19/h6-8H,1-5H2,(H3,12,14,16,17,18). The van der Waals surface area contributed by atoms with E-state index < -0.39 is 0 Å². The van der Waals surface area contributed by atoms with E-state index in [4.69, 9.17) is 10.5 Å². The summed E-state index contributed by atoms with van der Waals surface area (Å²) in [5, 5.41) is 7.09. The highest BCUT2D eigenvalue weighted by molar-refractivity contribution is 5.34. The summed E-state index contributed by atoms with van der Waals surface area (Å²) in [7, 11) is 0. The highest BCUT2D eigenvalue weighted by atomic mass is 16.5. The lowest BCUT2D eigenvalue weighted by molar-refractivity contribution is 0.107. The average molecular weight is 276 g/mol. The minimum Gasteiger partial charge on any atom is -0.378 e. The van der Waals surface area contributed by atoms with Crippen LogP contribution in [0.5, 0.6) is 0 Å². The first kappa shape index (κ1) is 12.7. The normalized spacial score (nSPS) is 18.3. The number of nitrogens with zero attached hydrogens (tertiary/aromatic N) is 6. The molecule has 0 amide bonds. The van der Waals surface area contributed by atoms with Gasteiger partial charge in [0.05, 0.1) is 6.10 Å². The second kappa shape index (κ2) is 5.78. The van der Waals surface area contributed by atoms with Gasteiger partial charge in [-0.1, -0.05) is 0 Å². The fraction of sp³-hybridized carbons (Fsp3) is 0.545. The van der Waals surface area contributed by atoms with Crippen molar-refractivity contribution in [3.05, 3.63) is 12.7 Å². The summed E-state index contributed by atoms with van der Waals surface area (Å²) in [6.07, 6.45) is 6.42. The van der Waals surface area contributed by atoms with Gasteiger partial charge in [-0.2, -0.15) is 24.7 Å². The number of hydrogen-bond acceptors (Lipinski definition) is 8. The zero-order chi connectivity index (χ0) is 13.8. The summed E-state index contributed by atoms with van der Waals surface area (Å²) in [5.74, 6) is 0.917. The van der Waals surface area contributed by atoms with E-state index in [1.54, 1.807) is 0 Å². The van der Waals surface area contributed by atoms with Crippen LogP contribution in [0.2, 0.25) is 0 Å². The molecule has 3 rings (SSSR count). The van der Waals surface area contributed by atoms with Crippen LogP contribution in [0.25, 0.3) is 5.95 Å². The Bertz CT molecular complexity index is 552. The Morgan fingerprint density at radius 3 is 3.10 bits per heavy atom. The molecule has 0 bridgehead atoms. The minimum atomic E-state index is 0.144. The van der Waals surface area contributed by atoms with E-state index in [1.165, 1.54) is 17.3 Å². The largest absolute Gasteiger partial charge is 0.378 e. The van der Waals surface area contributed by atoms with Crippen LogP contribution < -0.4 is 11.1 Å². The molecule has 0 radical (unpaired) electrons. The summed E-state index contributed by atoms with van der Waals surface area (Å²) >= 11 is 0. The molecule has 0 aromatic carbocycles. The van der Waals surface area contributed by atoms with Crippen LogP contribution >= 0.6 is 0 Å². The van der Waals surface area contributed by atoms with Crippen molar-refractivity contribution in [2.24, 2.45) is 0 Å². The fourth-order valence-corrected chi connectivity index (χ4v) is 2.09. The van der Waals surface area contributed by atoms with Gasteiger partial charge >= 0.3 is 0 Å². The topological polar surface area (TPSA) is 117 Å². The molecule has 1 fully saturated rings. The highest BCUT2D eigenvalue weighted by Crippen LogP contribution is 2.15. The maximum Gasteiger partial charge on any atom is 0.258 e. The number of aromatic nitrogens is 6. The molecule has 1 aliphatic rings. The van der Waals surface area contributed by atoms with E-state index in [2.05, 4.69) is 30.4 Å². The number of nitrogen functional groups attached to an aromatic ring is 1. The lowest BCUT2D eigenvalue weighted by Crippen LogP contribution is -2.16. The van der Waals surface area contributed by atoms with Crippen molar-refractivity contribution >= 4 is 11.9 Å². The summed E-state index contributed by atoms with van der Waals surface area (Å²) < 4.78 is 6.99. The number of nitrogens with one attached hydrogen (secondary N) is 1. The lowest BCUT2D eigenvalue weighted by atomic mass is 10.2. The summed E-state index contributed by atoms with van der Waals surface area (Å²) in [4.78, 5) is 16.2. The van der Waals surface area contributed by atoms with Gasteiger partial charge in [0.1, 0.15) is 12.7 Å². The van der Waals surface area contributed by atoms with E-state index in [0.717, 1.165) is 32.4 Å². The van der Waals surface area contributed by atoms with E-state index >= 15 is 0 Å². The van der Waals surface area contributed by atoms with Crippen LogP contribution in [0.15, 0.2) is 12.7 Å². The second-order valence-electron chi connectivity index (χ2n) is 4.51. The molecule has 20 heavy (non-hydrogen) atoms. The van der Waals surface area contributed by atoms with Gasteiger partial charge in [0.2, 0.25) is 11.9 Å². The molecule has 0 spiro atoms. The molecule has 1 saturated heterocycles. The molecule has 106 valence electrons. The van der Waals surface area contributed by atoms with Crippen LogP contribution in [-0.2, 0) is 4.74 Å². The van der Waals surface area contributed by atoms with Gasteiger partial charge < -0.3 is 15.8 Å². The predicted molar refractivity (Wildman–Crippen MR) is 71.2 cm³/mol. The van der Waals surface area contributed by atoms with Crippen molar-refractivity contribution in [1.82, 2.24) is 29.7 Å². The van der Waals surface area contributed by atoms with Gasteiger partial charge in [-0.15, -0.1) is 0 Å². The fourth-order valence-electron chi connectivity index (χ4n) is 2.09. The predicted octanol–water partition coefficient (Wildman–Crippen LogP) is 0.0155. The van der Waals surface area contributed by atoms with Crippen LogP contribution in [0, 0.1) is 0 Å². The number of ether oxygens (including phenoxy) is 1. The van der Waals surface area contributed by atoms with Gasteiger partial charge in [0.25, 0.3) is 5.95 Å². The molecule has 0 saturated carbocycles. The first-order valence-corrected chi connectivity index (χ1v) is 6.53. The van der Waals surface area contributed by atoms with Gasteiger partial charge in [0.15, 0.2) is 0 Å². The van der Waals surface area contributed by atoms with Gasteiger partial charge in [-0.25, -0.2) is 4.98 Å². The highest BCUT2D eigenvalue weighted by Gasteiger charge is 2.15. The first-order chi connectivity index (χ1) is 9.81. The van der Waals surface area contributed by atoms with Gasteiger partial charge in [-0.05, 0) is 19.3 Å². The Morgan fingerprint density at radius 2 is 2.35 bits per heavy atom. The maximum atomic E-state index is 5.67. The second-order valence-corrected chi connectivity index (χ2v) is 4.51. The number of rotatable bonds is 5. The lowest BCUT2D eigenvalue weighted by Gasteiger charge is -2.10. The zero-order valence-corrected chi connectivity index (χ0v) is 10.9. The summed E-state index contributed by atoms with van der Waals surface area (Å²) in [6, 6.07) is 0. The van der Waals surface area contributed by atoms with Crippen LogP contribution in [0.3, 0.4) is 0 Å². The molecular weight excluding hydrogens is 260 g/mol. The van der Waals surface area contributed by atoms with Crippen LogP contribution in [0.1, 0.15) is 19.3 Å². The molecule has 9 nitrogen and oxygen atoms in total. The smallest absolute Gasteiger partial charge is 0.258 e. The van der Waals surface area contributed by atoms with Gasteiger partial charge in [0, 0.05) is 13.2 Å². The van der Waals surface area contributed by atoms with E-state index in [0.29, 0.717) is 18.0 Å². The molecule has 1 unspecified atom stereocenters. The Balaban J connectivity index is 1.63. The minimum absolute atomic E-state index is 0.144. The van der Waals surface area contributed by atoms with Crippen molar-refractivity contribution < 1.29 is 4.74 Å². The Hall–Kier alpha value is -2.29. The number of anilines is 2. The number of hydrogen-bond donors (Lipinski definition) is 2. The third-order valence-corrected chi connectivity index (χ3v) is 3.04. The zero-order valence-electron chi connectivity index (χ0n) is 10.9. The Kier molecular flexibility index (Phi) is 3.68. The van der Waals surface area contributed by atoms with E-state index in [-0.39, 0.29) is 5.95 Å². The van der Waals surface area contributed by atoms with Crippen molar-refractivity contribution in [3.8, 4) is 5.95 Å². The average Bonchev–Trinajstić information content (AvgIpc) is 3.11. The van der Waals surface area contributed by atoms with Crippen molar-refractivity contribution in [2.45, 2.75) is 25.4 Å². The molecule has 3 N–H and O–H groups in total. The third kappa shape index (κ3) is 2.99. The molecule has 3 heterocycles. The van der Waals surface area contributed by atoms with Gasteiger partial charge in [-0.3, -0.25) is 0 Å². The van der Waals surface area contributed by atoms with Crippen LogP contribution in [-0.4, -0.2) is 49.0 Å². The summed E-state index contributed by atoms with van der Waals surface area (Å²) in [5.41, 5.74) is 5.67. The van der Waals surface area contributed by atoms with Crippen LogP contribution in [0.4, 0.5) is 11.9 Å². The molecular formula is C11H16N8O. The first-order valence-electron chi connectivity index (χ1n) is 6.53. The van der Waals surface area contributed by atoms with Crippen molar-refractivity contribution in [2.75, 3.05) is 24.2 Å². The maximum absolute atomic E-state index is 5.67. The molecule has 2 aromatic rings. The molecule has 1 aliphatic heterocycles. The molecule has 9 heteroatoms. The SMILES string of the molecule is Nc1nc(NCCC2CCCO2)nc(-n2cncn2)n1. The number of nitrogens with two attached hydrogens (primary N) is 1. The molecule has 1 atom stereocenters.